The number of rotatable bonds is 8. The molecule has 2 aromatic carbocycles. The number of aromatic amines is 1. The van der Waals surface area contributed by atoms with Gasteiger partial charge in [0.1, 0.15) is 5.82 Å². The van der Waals surface area contributed by atoms with Crippen LogP contribution in [0.1, 0.15) is 57.4 Å². The molecule has 9 heteroatoms. The minimum atomic E-state index is -0.402. The van der Waals surface area contributed by atoms with Gasteiger partial charge in [-0.05, 0) is 58.0 Å². The molecule has 3 aromatic heterocycles. The van der Waals surface area contributed by atoms with Crippen molar-refractivity contribution in [2.24, 2.45) is 0 Å². The second-order valence-electron chi connectivity index (χ2n) is 10.7. The van der Waals surface area contributed by atoms with Crippen LogP contribution >= 0.6 is 0 Å². The van der Waals surface area contributed by atoms with Crippen LogP contribution in [-0.4, -0.2) is 34.7 Å². The highest BCUT2D eigenvalue weighted by Crippen LogP contribution is 2.31. The molecule has 3 heterocycles. The van der Waals surface area contributed by atoms with Gasteiger partial charge in [0.05, 0.1) is 17.9 Å². The number of nitrogens with one attached hydrogen (secondary N) is 1. The molecule has 1 N–H and O–H groups in total. The van der Waals surface area contributed by atoms with E-state index in [2.05, 4.69) is 32.5 Å². The second kappa shape index (κ2) is 10.8. The molecule has 8 nitrogen and oxygen atoms in total. The molecule has 0 aliphatic carbocycles. The first-order chi connectivity index (χ1) is 18.8. The van der Waals surface area contributed by atoms with Crippen LogP contribution in [-0.2, 0) is 18.4 Å². The summed E-state index contributed by atoms with van der Waals surface area (Å²) in [6.45, 7) is 8.58. The number of unbranched alkanes of at least 4 members (excludes halogenated alkanes) is 1. The van der Waals surface area contributed by atoms with Crippen LogP contribution in [0.4, 0.5) is 4.39 Å². The first-order valence-electron chi connectivity index (χ1n) is 13.2. The Labute approximate surface area is 226 Å². The van der Waals surface area contributed by atoms with Gasteiger partial charge in [0, 0.05) is 29.2 Å². The smallest absolute Gasteiger partial charge is 0.292 e. The quantitative estimate of drug-likeness (QED) is 0.280. The van der Waals surface area contributed by atoms with Crippen molar-refractivity contribution < 1.29 is 4.39 Å². The van der Waals surface area contributed by atoms with E-state index in [0.717, 1.165) is 52.9 Å². The van der Waals surface area contributed by atoms with Crippen molar-refractivity contribution in [1.29, 1.82) is 0 Å². The molecule has 0 aliphatic rings. The standard InChI is InChI=1S/C30H32FN7O/c1-5-6-9-22-19-38(27-24(30(2,3)4)11-7-12-25(27)31)29(39)37(22)18-20-13-15-21(16-14-20)26-23(10-8-17-32-26)28-33-35-36-34-28/h7-8,10-17,19H,5-6,9,18H2,1-4H3,(H,33,34,35,36). The molecule has 0 saturated heterocycles. The third kappa shape index (κ3) is 5.30. The highest BCUT2D eigenvalue weighted by Gasteiger charge is 2.24. The number of H-pyrrole nitrogens is 1. The molecule has 5 aromatic rings. The van der Waals surface area contributed by atoms with Crippen molar-refractivity contribution in [2.75, 3.05) is 0 Å². The molecule has 0 radical (unpaired) electrons. The number of para-hydroxylation sites is 1. The largest absolute Gasteiger partial charge is 0.333 e. The van der Waals surface area contributed by atoms with E-state index in [4.69, 9.17) is 0 Å². The number of imidazole rings is 1. The fraction of sp³-hybridized carbons (Fsp3) is 0.300. The molecular formula is C30H32FN7O. The van der Waals surface area contributed by atoms with Crippen LogP contribution in [0.3, 0.4) is 0 Å². The van der Waals surface area contributed by atoms with E-state index in [-0.39, 0.29) is 11.1 Å². The van der Waals surface area contributed by atoms with Crippen LogP contribution in [0.5, 0.6) is 0 Å². The minimum absolute atomic E-state index is 0.245. The Hall–Kier alpha value is -4.40. The summed E-state index contributed by atoms with van der Waals surface area (Å²) in [7, 11) is 0. The van der Waals surface area contributed by atoms with Gasteiger partial charge in [-0.3, -0.25) is 14.1 Å². The fourth-order valence-electron chi connectivity index (χ4n) is 4.83. The Morgan fingerprint density at radius 3 is 2.51 bits per heavy atom. The van der Waals surface area contributed by atoms with Crippen LogP contribution < -0.4 is 5.69 Å². The summed E-state index contributed by atoms with van der Waals surface area (Å²) < 4.78 is 18.5. The summed E-state index contributed by atoms with van der Waals surface area (Å²) in [5, 5.41) is 14.2. The predicted octanol–water partition coefficient (Wildman–Crippen LogP) is 5.71. The highest BCUT2D eigenvalue weighted by atomic mass is 19.1. The number of hydrogen-bond acceptors (Lipinski definition) is 5. The third-order valence-corrected chi connectivity index (χ3v) is 6.86. The molecule has 0 fully saturated rings. The van der Waals surface area contributed by atoms with Crippen molar-refractivity contribution in [3.8, 4) is 28.3 Å². The summed E-state index contributed by atoms with van der Waals surface area (Å²) >= 11 is 0. The molecule has 0 aliphatic heterocycles. The number of halogens is 1. The van der Waals surface area contributed by atoms with E-state index in [1.807, 2.05) is 69.4 Å². The van der Waals surface area contributed by atoms with Gasteiger partial charge in [-0.1, -0.05) is 70.5 Å². The predicted molar refractivity (Wildman–Crippen MR) is 149 cm³/mol. The molecule has 0 bridgehead atoms. The Bertz CT molecular complexity index is 1630. The van der Waals surface area contributed by atoms with Crippen molar-refractivity contribution >= 4 is 0 Å². The number of benzene rings is 2. The van der Waals surface area contributed by atoms with Gasteiger partial charge in [-0.2, -0.15) is 0 Å². The van der Waals surface area contributed by atoms with Gasteiger partial charge in [-0.25, -0.2) is 14.3 Å². The summed E-state index contributed by atoms with van der Waals surface area (Å²) in [5.41, 5.74) is 4.85. The lowest BCUT2D eigenvalue weighted by Gasteiger charge is -2.23. The first kappa shape index (κ1) is 26.2. The number of pyridine rings is 1. The van der Waals surface area contributed by atoms with Crippen LogP contribution in [0.2, 0.25) is 0 Å². The van der Waals surface area contributed by atoms with Gasteiger partial charge < -0.3 is 0 Å². The Balaban J connectivity index is 1.52. The number of hydrogen-bond donors (Lipinski definition) is 1. The summed E-state index contributed by atoms with van der Waals surface area (Å²) in [4.78, 5) is 18.3. The third-order valence-electron chi connectivity index (χ3n) is 6.86. The van der Waals surface area contributed by atoms with E-state index in [1.54, 1.807) is 16.8 Å². The summed E-state index contributed by atoms with van der Waals surface area (Å²) in [5.74, 6) is 0.139. The van der Waals surface area contributed by atoms with Gasteiger partial charge in [0.2, 0.25) is 0 Å². The Morgan fingerprint density at radius 1 is 1.03 bits per heavy atom. The maximum absolute atomic E-state index is 15.2. The number of tetrazole rings is 1. The average molecular weight is 526 g/mol. The summed E-state index contributed by atoms with van der Waals surface area (Å²) in [6.07, 6.45) is 6.20. The number of nitrogens with zero attached hydrogens (tertiary/aromatic N) is 6. The van der Waals surface area contributed by atoms with Crippen LogP contribution in [0.15, 0.2) is 71.8 Å². The molecule has 0 saturated carbocycles. The topological polar surface area (TPSA) is 94.3 Å². The minimum Gasteiger partial charge on any atom is -0.292 e. The van der Waals surface area contributed by atoms with Gasteiger partial charge in [0.15, 0.2) is 5.82 Å². The lowest BCUT2D eigenvalue weighted by Crippen LogP contribution is -2.27. The lowest BCUT2D eigenvalue weighted by atomic mass is 9.85. The molecule has 0 unspecified atom stereocenters. The SMILES string of the molecule is CCCCc1cn(-c2c(F)cccc2C(C)(C)C)c(=O)n1Cc1ccc(-c2ncccc2-c2nnn[nH]2)cc1. The van der Waals surface area contributed by atoms with E-state index >= 15 is 4.39 Å². The van der Waals surface area contributed by atoms with Gasteiger partial charge in [-0.15, -0.1) is 5.10 Å². The average Bonchev–Trinajstić information content (AvgIpc) is 3.56. The van der Waals surface area contributed by atoms with Crippen LogP contribution in [0.25, 0.3) is 28.3 Å². The monoisotopic (exact) mass is 525 g/mol. The van der Waals surface area contributed by atoms with Crippen molar-refractivity contribution in [3.05, 3.63) is 100 Å². The highest BCUT2D eigenvalue weighted by molar-refractivity contribution is 5.76. The van der Waals surface area contributed by atoms with E-state index in [1.165, 1.54) is 10.6 Å². The number of aromatic nitrogens is 7. The van der Waals surface area contributed by atoms with E-state index in [9.17, 15) is 4.79 Å². The maximum Gasteiger partial charge on any atom is 0.333 e. The maximum atomic E-state index is 15.2. The van der Waals surface area contributed by atoms with Crippen molar-refractivity contribution in [2.45, 2.75) is 58.9 Å². The Kier molecular flexibility index (Phi) is 7.24. The van der Waals surface area contributed by atoms with Crippen molar-refractivity contribution in [1.82, 2.24) is 34.7 Å². The molecule has 200 valence electrons. The molecule has 5 rings (SSSR count). The lowest BCUT2D eigenvalue weighted by molar-refractivity contribution is 0.560. The molecule has 0 spiro atoms. The second-order valence-corrected chi connectivity index (χ2v) is 10.7. The van der Waals surface area contributed by atoms with E-state index < -0.39 is 5.82 Å². The molecule has 0 atom stereocenters. The zero-order valence-corrected chi connectivity index (χ0v) is 22.6. The number of aryl methyl sites for hydroxylation is 1. The Morgan fingerprint density at radius 2 is 1.82 bits per heavy atom. The summed E-state index contributed by atoms with van der Waals surface area (Å²) in [6, 6.07) is 16.7. The molecule has 39 heavy (non-hydrogen) atoms. The first-order valence-corrected chi connectivity index (χ1v) is 13.2. The van der Waals surface area contributed by atoms with Crippen molar-refractivity contribution in [3.63, 3.8) is 0 Å². The van der Waals surface area contributed by atoms with Crippen LogP contribution in [0, 0.1) is 5.82 Å². The van der Waals surface area contributed by atoms with Gasteiger partial charge in [0.25, 0.3) is 0 Å². The fourth-order valence-corrected chi connectivity index (χ4v) is 4.83. The van der Waals surface area contributed by atoms with E-state index in [0.29, 0.717) is 18.1 Å². The molecule has 0 amide bonds. The molecular weight excluding hydrogens is 493 g/mol. The zero-order valence-electron chi connectivity index (χ0n) is 22.6. The van der Waals surface area contributed by atoms with Gasteiger partial charge >= 0.3 is 5.69 Å². The normalized spacial score (nSPS) is 11.7. The zero-order chi connectivity index (χ0) is 27.6.